The highest BCUT2D eigenvalue weighted by atomic mass is 16.5. The Morgan fingerprint density at radius 2 is 2.17 bits per heavy atom. The van der Waals surface area contributed by atoms with Crippen LogP contribution < -0.4 is 5.32 Å². The van der Waals surface area contributed by atoms with Gasteiger partial charge in [-0.1, -0.05) is 24.3 Å². The molecule has 0 spiro atoms. The van der Waals surface area contributed by atoms with Gasteiger partial charge in [0.15, 0.2) is 0 Å². The minimum atomic E-state index is -0.224. The van der Waals surface area contributed by atoms with Gasteiger partial charge in [0.05, 0.1) is 13.2 Å². The summed E-state index contributed by atoms with van der Waals surface area (Å²) in [5.41, 5.74) is 2.51. The van der Waals surface area contributed by atoms with Crippen LogP contribution in [0.4, 0.5) is 4.79 Å². The first kappa shape index (κ1) is 15.1. The molecule has 2 heterocycles. The van der Waals surface area contributed by atoms with E-state index in [2.05, 4.69) is 44.8 Å². The van der Waals surface area contributed by atoms with Crippen LogP contribution in [0.2, 0.25) is 0 Å². The lowest BCUT2D eigenvalue weighted by Gasteiger charge is -2.34. The smallest absolute Gasteiger partial charge is 0.318 e. The normalized spacial score (nSPS) is 20.8. The maximum absolute atomic E-state index is 12.6. The van der Waals surface area contributed by atoms with Crippen molar-refractivity contribution in [3.05, 3.63) is 47.5 Å². The van der Waals surface area contributed by atoms with E-state index < -0.39 is 0 Å². The monoisotopic (exact) mass is 327 g/mol. The van der Waals surface area contributed by atoms with E-state index in [1.165, 1.54) is 24.7 Å². The molecule has 1 aliphatic heterocycles. The Kier molecular flexibility index (Phi) is 4.17. The van der Waals surface area contributed by atoms with E-state index in [1.54, 1.807) is 4.90 Å². The largest absolute Gasteiger partial charge is 0.377 e. The first-order valence-corrected chi connectivity index (χ1v) is 8.37. The molecule has 7 nitrogen and oxygen atoms in total. The van der Waals surface area contributed by atoms with Gasteiger partial charge in [0.1, 0.15) is 18.2 Å². The molecule has 1 aliphatic carbocycles. The average Bonchev–Trinajstić information content (AvgIpc) is 3.34. The van der Waals surface area contributed by atoms with Crippen molar-refractivity contribution in [3.8, 4) is 0 Å². The predicted molar refractivity (Wildman–Crippen MR) is 87.3 cm³/mol. The van der Waals surface area contributed by atoms with Crippen molar-refractivity contribution in [1.82, 2.24) is 25.4 Å². The molecule has 1 aromatic heterocycles. The minimum Gasteiger partial charge on any atom is -0.377 e. The second kappa shape index (κ2) is 6.60. The fourth-order valence-electron chi connectivity index (χ4n) is 3.05. The van der Waals surface area contributed by atoms with Crippen molar-refractivity contribution in [2.45, 2.75) is 31.3 Å². The summed E-state index contributed by atoms with van der Waals surface area (Å²) in [5.74, 6) is 1.41. The fraction of sp³-hybridized carbons (Fsp3) is 0.471. The van der Waals surface area contributed by atoms with Gasteiger partial charge in [-0.3, -0.25) is 5.10 Å². The molecule has 7 heteroatoms. The second-order valence-electron chi connectivity index (χ2n) is 6.33. The van der Waals surface area contributed by atoms with Gasteiger partial charge in [-0.05, 0) is 29.9 Å². The van der Waals surface area contributed by atoms with Crippen LogP contribution >= 0.6 is 0 Å². The standard InChI is InChI=1S/C17H21N5O2/c23-17(18-9-12-1-3-13(4-2-12)14-5-6-14)22-7-8-24-10-15(22)16-19-11-20-21-16/h1-4,11,14-15H,5-10H2,(H,18,23)(H,19,20,21)/t15-/m0/s1. The topological polar surface area (TPSA) is 83.1 Å². The number of hydrogen-bond acceptors (Lipinski definition) is 4. The third-order valence-corrected chi connectivity index (χ3v) is 4.61. The Balaban J connectivity index is 1.37. The third-order valence-electron chi connectivity index (χ3n) is 4.61. The summed E-state index contributed by atoms with van der Waals surface area (Å²) in [7, 11) is 0. The van der Waals surface area contributed by atoms with Crippen LogP contribution in [-0.2, 0) is 11.3 Å². The summed E-state index contributed by atoms with van der Waals surface area (Å²) in [6.07, 6.45) is 4.05. The number of urea groups is 1. The van der Waals surface area contributed by atoms with Gasteiger partial charge in [0.25, 0.3) is 0 Å². The van der Waals surface area contributed by atoms with E-state index in [0.717, 1.165) is 11.5 Å². The number of carbonyl (C=O) groups is 1. The highest BCUT2D eigenvalue weighted by Crippen LogP contribution is 2.39. The van der Waals surface area contributed by atoms with E-state index in [9.17, 15) is 4.79 Å². The van der Waals surface area contributed by atoms with Gasteiger partial charge < -0.3 is 15.0 Å². The van der Waals surface area contributed by atoms with Gasteiger partial charge in [0, 0.05) is 13.1 Å². The molecular weight excluding hydrogens is 306 g/mol. The zero-order chi connectivity index (χ0) is 16.4. The van der Waals surface area contributed by atoms with Crippen LogP contribution in [-0.4, -0.2) is 45.9 Å². The number of aromatic nitrogens is 3. The Morgan fingerprint density at radius 1 is 1.33 bits per heavy atom. The Bertz CT molecular complexity index is 682. The van der Waals surface area contributed by atoms with E-state index in [4.69, 9.17) is 4.74 Å². The van der Waals surface area contributed by atoms with Crippen molar-refractivity contribution in [2.24, 2.45) is 0 Å². The molecule has 1 saturated heterocycles. The maximum atomic E-state index is 12.6. The molecule has 2 aliphatic rings. The van der Waals surface area contributed by atoms with Crippen molar-refractivity contribution >= 4 is 6.03 Å². The van der Waals surface area contributed by atoms with Crippen LogP contribution in [0, 0.1) is 0 Å². The number of morpholine rings is 1. The SMILES string of the molecule is O=C(NCc1ccc(C2CC2)cc1)N1CCOC[C@H]1c1ncn[nH]1. The number of aromatic amines is 1. The van der Waals surface area contributed by atoms with Crippen LogP contribution in [0.3, 0.4) is 0 Å². The molecule has 4 rings (SSSR count). The zero-order valence-corrected chi connectivity index (χ0v) is 13.4. The van der Waals surface area contributed by atoms with Crippen molar-refractivity contribution in [3.63, 3.8) is 0 Å². The Labute approximate surface area is 140 Å². The average molecular weight is 327 g/mol. The number of H-pyrrole nitrogens is 1. The van der Waals surface area contributed by atoms with Crippen LogP contribution in [0.25, 0.3) is 0 Å². The molecule has 0 bridgehead atoms. The molecule has 2 N–H and O–H groups in total. The third kappa shape index (κ3) is 3.26. The van der Waals surface area contributed by atoms with Crippen molar-refractivity contribution < 1.29 is 9.53 Å². The van der Waals surface area contributed by atoms with E-state index in [0.29, 0.717) is 32.1 Å². The van der Waals surface area contributed by atoms with Crippen molar-refractivity contribution in [1.29, 1.82) is 0 Å². The van der Waals surface area contributed by atoms with Gasteiger partial charge in [-0.25, -0.2) is 9.78 Å². The number of amides is 2. The molecule has 2 amide bonds. The lowest BCUT2D eigenvalue weighted by atomic mass is 10.1. The first-order valence-electron chi connectivity index (χ1n) is 8.37. The van der Waals surface area contributed by atoms with Gasteiger partial charge in [0.2, 0.25) is 0 Å². The molecule has 24 heavy (non-hydrogen) atoms. The summed E-state index contributed by atoms with van der Waals surface area (Å²) in [5, 5.41) is 9.68. The number of hydrogen-bond donors (Lipinski definition) is 2. The number of ether oxygens (including phenoxy) is 1. The van der Waals surface area contributed by atoms with Crippen LogP contribution in [0.15, 0.2) is 30.6 Å². The van der Waals surface area contributed by atoms with Crippen molar-refractivity contribution in [2.75, 3.05) is 19.8 Å². The van der Waals surface area contributed by atoms with Gasteiger partial charge >= 0.3 is 6.03 Å². The molecule has 126 valence electrons. The molecule has 1 atom stereocenters. The molecule has 0 radical (unpaired) electrons. The number of benzene rings is 1. The number of nitrogens with one attached hydrogen (secondary N) is 2. The highest BCUT2D eigenvalue weighted by molar-refractivity contribution is 5.74. The molecule has 1 saturated carbocycles. The second-order valence-corrected chi connectivity index (χ2v) is 6.33. The Hall–Kier alpha value is -2.41. The lowest BCUT2D eigenvalue weighted by molar-refractivity contribution is 0.00865. The number of rotatable bonds is 4. The van der Waals surface area contributed by atoms with Gasteiger partial charge in [-0.15, -0.1) is 0 Å². The maximum Gasteiger partial charge on any atom is 0.318 e. The predicted octanol–water partition coefficient (Wildman–Crippen LogP) is 1.97. The quantitative estimate of drug-likeness (QED) is 0.899. The Morgan fingerprint density at radius 3 is 2.88 bits per heavy atom. The molecule has 2 fully saturated rings. The lowest BCUT2D eigenvalue weighted by Crippen LogP contribution is -2.48. The van der Waals surface area contributed by atoms with E-state index in [1.807, 2.05) is 0 Å². The fourth-order valence-corrected chi connectivity index (χ4v) is 3.05. The zero-order valence-electron chi connectivity index (χ0n) is 13.4. The molecule has 0 unspecified atom stereocenters. The number of nitrogens with zero attached hydrogens (tertiary/aromatic N) is 3. The molecule has 1 aromatic carbocycles. The summed E-state index contributed by atoms with van der Waals surface area (Å²) in [6, 6.07) is 8.21. The number of carbonyl (C=O) groups excluding carboxylic acids is 1. The highest BCUT2D eigenvalue weighted by Gasteiger charge is 2.30. The summed E-state index contributed by atoms with van der Waals surface area (Å²) in [6.45, 7) is 2.02. The molecular formula is C17H21N5O2. The van der Waals surface area contributed by atoms with Crippen LogP contribution in [0.5, 0.6) is 0 Å². The summed E-state index contributed by atoms with van der Waals surface area (Å²) >= 11 is 0. The van der Waals surface area contributed by atoms with Crippen LogP contribution in [0.1, 0.15) is 41.8 Å². The molecule has 2 aromatic rings. The summed E-state index contributed by atoms with van der Waals surface area (Å²) < 4.78 is 5.48. The minimum absolute atomic E-state index is 0.106. The summed E-state index contributed by atoms with van der Waals surface area (Å²) in [4.78, 5) is 18.5. The van der Waals surface area contributed by atoms with Gasteiger partial charge in [-0.2, -0.15) is 5.10 Å². The van der Waals surface area contributed by atoms with E-state index in [-0.39, 0.29) is 12.1 Å². The first-order chi connectivity index (χ1) is 11.8. The van der Waals surface area contributed by atoms with E-state index >= 15 is 0 Å².